The van der Waals surface area contributed by atoms with Crippen molar-refractivity contribution in [1.82, 2.24) is 0 Å². The molecule has 0 aromatic heterocycles. The van der Waals surface area contributed by atoms with Gasteiger partial charge in [0.1, 0.15) is 11.5 Å². The number of benzene rings is 2. The summed E-state index contributed by atoms with van der Waals surface area (Å²) in [5, 5.41) is 0. The molecule has 0 spiro atoms. The summed E-state index contributed by atoms with van der Waals surface area (Å²) in [7, 11) is 1.71. The van der Waals surface area contributed by atoms with Crippen molar-refractivity contribution in [2.24, 2.45) is 17.3 Å². The Kier molecular flexibility index (Phi) is 5.31. The minimum atomic E-state index is -2.84. The first-order chi connectivity index (χ1) is 15.4. The van der Waals surface area contributed by atoms with E-state index in [0.29, 0.717) is 17.8 Å². The smallest absolute Gasteiger partial charge is 0.387 e. The van der Waals surface area contributed by atoms with Gasteiger partial charge in [-0.2, -0.15) is 8.78 Å². The van der Waals surface area contributed by atoms with Crippen LogP contribution in [0.4, 0.5) is 8.78 Å². The minimum Gasteiger partial charge on any atom is -0.497 e. The van der Waals surface area contributed by atoms with Gasteiger partial charge in [-0.05, 0) is 102 Å². The number of ether oxygens (including phenoxy) is 2. The van der Waals surface area contributed by atoms with Gasteiger partial charge in [0.05, 0.1) is 7.11 Å². The average molecular weight is 439 g/mol. The zero-order valence-corrected chi connectivity index (χ0v) is 18.4. The lowest BCUT2D eigenvalue weighted by molar-refractivity contribution is -0.127. The van der Waals surface area contributed by atoms with Gasteiger partial charge in [-0.15, -0.1) is 0 Å². The van der Waals surface area contributed by atoms with Crippen molar-refractivity contribution >= 4 is 11.9 Å². The van der Waals surface area contributed by atoms with Crippen LogP contribution in [0, 0.1) is 17.3 Å². The molecule has 0 bridgehead atoms. The van der Waals surface area contributed by atoms with Gasteiger partial charge in [-0.25, -0.2) is 0 Å². The summed E-state index contributed by atoms with van der Waals surface area (Å²) in [4.78, 5) is 13.5. The molecule has 0 heterocycles. The summed E-state index contributed by atoms with van der Waals surface area (Å²) in [6.45, 7) is -0.687. The van der Waals surface area contributed by atoms with Crippen LogP contribution in [0.3, 0.4) is 0 Å². The molecule has 0 N–H and O–H groups in total. The molecule has 2 aromatic carbocycles. The van der Waals surface area contributed by atoms with E-state index in [4.69, 9.17) is 4.74 Å². The monoisotopic (exact) mass is 438 g/mol. The first-order valence-corrected chi connectivity index (χ1v) is 11.4. The van der Waals surface area contributed by atoms with Crippen LogP contribution in [0.15, 0.2) is 48.0 Å². The van der Waals surface area contributed by atoms with Gasteiger partial charge in [0, 0.05) is 5.41 Å². The van der Waals surface area contributed by atoms with E-state index in [-0.39, 0.29) is 16.9 Å². The number of allylic oxidation sites excluding steroid dienone is 1. The second-order valence-electron chi connectivity index (χ2n) is 9.59. The Bertz CT molecular complexity index is 1060. The number of Topliss-reactive ketones (excluding diaryl/α,β-unsaturated/α-hetero) is 1. The van der Waals surface area contributed by atoms with Crippen LogP contribution in [0.2, 0.25) is 0 Å². The second kappa shape index (κ2) is 8.02. The number of rotatable bonds is 4. The molecule has 2 aromatic rings. The minimum absolute atomic E-state index is 0.126. The summed E-state index contributed by atoms with van der Waals surface area (Å²) >= 11 is 0. The Hall–Kier alpha value is -2.69. The van der Waals surface area contributed by atoms with Crippen LogP contribution >= 0.6 is 0 Å². The number of aryl methyl sites for hydroxylation is 1. The summed E-state index contributed by atoms with van der Waals surface area (Å²) in [6, 6.07) is 13.0. The average Bonchev–Trinajstić information content (AvgIpc) is 3.04. The van der Waals surface area contributed by atoms with Gasteiger partial charge in [0.25, 0.3) is 0 Å². The van der Waals surface area contributed by atoms with Gasteiger partial charge in [-0.1, -0.05) is 25.1 Å². The lowest BCUT2D eigenvalue weighted by Crippen LogP contribution is -2.42. The van der Waals surface area contributed by atoms with Crippen molar-refractivity contribution in [3.63, 3.8) is 0 Å². The van der Waals surface area contributed by atoms with Crippen molar-refractivity contribution in [3.8, 4) is 11.5 Å². The standard InChI is InChI=1S/C27H28F2O3/c1-27-12-11-22-21-10-8-20(31-2)14-17(21)5-9-23(22)24(27)15-18(25(27)30)13-16-3-6-19(7-4-16)32-26(28)29/h3-4,6-8,10,13-14,22-24,26H,5,9,11-12,15H2,1-2H3/b18-13+/t22-,23+,24+,27-/m1/s1. The Morgan fingerprint density at radius 2 is 1.84 bits per heavy atom. The first kappa shape index (κ1) is 21.2. The number of alkyl halides is 2. The quantitative estimate of drug-likeness (QED) is 0.517. The van der Waals surface area contributed by atoms with Gasteiger partial charge >= 0.3 is 6.61 Å². The van der Waals surface area contributed by atoms with Gasteiger partial charge in [0.15, 0.2) is 5.78 Å². The van der Waals surface area contributed by atoms with E-state index < -0.39 is 6.61 Å². The molecular formula is C27H28F2O3. The number of carbonyl (C=O) groups is 1. The van der Waals surface area contributed by atoms with Crippen molar-refractivity contribution in [3.05, 3.63) is 64.7 Å². The molecule has 0 unspecified atom stereocenters. The summed E-state index contributed by atoms with van der Waals surface area (Å²) in [5.74, 6) is 2.65. The van der Waals surface area contributed by atoms with Gasteiger partial charge in [0.2, 0.25) is 0 Å². The molecule has 2 fully saturated rings. The first-order valence-electron chi connectivity index (χ1n) is 11.4. The molecule has 0 amide bonds. The predicted molar refractivity (Wildman–Crippen MR) is 119 cm³/mol. The van der Waals surface area contributed by atoms with Crippen LogP contribution in [-0.2, 0) is 11.2 Å². The van der Waals surface area contributed by atoms with Gasteiger partial charge in [-0.3, -0.25) is 4.79 Å². The number of hydrogen-bond acceptors (Lipinski definition) is 3. The third kappa shape index (κ3) is 3.52. The molecule has 3 nitrogen and oxygen atoms in total. The highest BCUT2D eigenvalue weighted by Gasteiger charge is 2.56. The predicted octanol–water partition coefficient (Wildman–Crippen LogP) is 6.42. The summed E-state index contributed by atoms with van der Waals surface area (Å²) in [6.07, 6.45) is 6.80. The normalized spacial score (nSPS) is 30.1. The fourth-order valence-electron chi connectivity index (χ4n) is 6.43. The number of fused-ring (bicyclic) bond motifs is 5. The highest BCUT2D eigenvalue weighted by Crippen LogP contribution is 2.60. The molecule has 0 saturated heterocycles. The molecular weight excluding hydrogens is 410 g/mol. The van der Waals surface area contributed by atoms with E-state index in [1.807, 2.05) is 6.08 Å². The molecule has 5 rings (SSSR count). The van der Waals surface area contributed by atoms with Crippen LogP contribution in [0.5, 0.6) is 11.5 Å². The van der Waals surface area contributed by atoms with Crippen LogP contribution in [0.1, 0.15) is 55.2 Å². The molecule has 0 aliphatic heterocycles. The number of methoxy groups -OCH3 is 1. The zero-order valence-electron chi connectivity index (χ0n) is 18.4. The van der Waals surface area contributed by atoms with E-state index >= 15 is 0 Å². The lowest BCUT2D eigenvalue weighted by Gasteiger charge is -2.48. The highest BCUT2D eigenvalue weighted by molar-refractivity contribution is 6.06. The Labute approximate surface area is 187 Å². The lowest BCUT2D eigenvalue weighted by atomic mass is 9.55. The van der Waals surface area contributed by atoms with E-state index in [9.17, 15) is 13.6 Å². The Balaban J connectivity index is 1.40. The largest absolute Gasteiger partial charge is 0.497 e. The maximum Gasteiger partial charge on any atom is 0.387 e. The van der Waals surface area contributed by atoms with Crippen LogP contribution in [0.25, 0.3) is 6.08 Å². The molecule has 0 radical (unpaired) electrons. The van der Waals surface area contributed by atoms with Crippen molar-refractivity contribution in [2.45, 2.75) is 51.6 Å². The maximum absolute atomic E-state index is 13.5. The number of halogens is 2. The molecule has 3 aliphatic rings. The fraction of sp³-hybridized carbons (Fsp3) is 0.444. The highest BCUT2D eigenvalue weighted by atomic mass is 19.3. The Morgan fingerprint density at radius 1 is 1.09 bits per heavy atom. The molecule has 4 atom stereocenters. The third-order valence-electron chi connectivity index (χ3n) is 8.02. The zero-order chi connectivity index (χ0) is 22.5. The summed E-state index contributed by atoms with van der Waals surface area (Å²) in [5.41, 5.74) is 4.22. The van der Waals surface area contributed by atoms with Crippen LogP contribution in [-0.4, -0.2) is 19.5 Å². The number of carbonyl (C=O) groups excluding carboxylic acids is 1. The third-order valence-corrected chi connectivity index (χ3v) is 8.02. The number of hydrogen-bond donors (Lipinski definition) is 0. The van der Waals surface area contributed by atoms with Crippen LogP contribution < -0.4 is 9.47 Å². The molecule has 2 saturated carbocycles. The van der Waals surface area contributed by atoms with Crippen molar-refractivity contribution < 1.29 is 23.0 Å². The van der Waals surface area contributed by atoms with E-state index in [0.717, 1.165) is 49.0 Å². The van der Waals surface area contributed by atoms with Crippen molar-refractivity contribution in [2.75, 3.05) is 7.11 Å². The topological polar surface area (TPSA) is 35.5 Å². The molecule has 168 valence electrons. The van der Waals surface area contributed by atoms with Gasteiger partial charge < -0.3 is 9.47 Å². The van der Waals surface area contributed by atoms with E-state index in [1.165, 1.54) is 23.3 Å². The fourth-order valence-corrected chi connectivity index (χ4v) is 6.43. The Morgan fingerprint density at radius 3 is 2.56 bits per heavy atom. The second-order valence-corrected chi connectivity index (χ2v) is 9.59. The molecule has 32 heavy (non-hydrogen) atoms. The summed E-state index contributed by atoms with van der Waals surface area (Å²) < 4.78 is 34.6. The maximum atomic E-state index is 13.5. The number of ketones is 1. The molecule has 3 aliphatic carbocycles. The molecule has 5 heteroatoms. The van der Waals surface area contributed by atoms with E-state index in [1.54, 1.807) is 19.2 Å². The SMILES string of the molecule is COc1ccc2c(c1)CC[C@H]1[C@@H]2CC[C@@]2(C)C(=O)/C(=C/c3ccc(OC(F)F)cc3)C[C@@H]12. The van der Waals surface area contributed by atoms with Crippen molar-refractivity contribution in [1.29, 1.82) is 0 Å². The van der Waals surface area contributed by atoms with E-state index in [2.05, 4.69) is 29.9 Å².